The SMILES string of the molecule is CN=C(NCCCc1cccc(F)c1)NC(C)C. The van der Waals surface area contributed by atoms with Gasteiger partial charge in [0.05, 0.1) is 0 Å². The van der Waals surface area contributed by atoms with Crippen LogP contribution in [0.2, 0.25) is 0 Å². The zero-order valence-corrected chi connectivity index (χ0v) is 11.3. The van der Waals surface area contributed by atoms with E-state index in [2.05, 4.69) is 29.5 Å². The van der Waals surface area contributed by atoms with Gasteiger partial charge in [-0.05, 0) is 44.4 Å². The number of aliphatic imine (C=N–C) groups is 1. The molecule has 0 amide bonds. The summed E-state index contributed by atoms with van der Waals surface area (Å²) in [5.74, 6) is 0.641. The summed E-state index contributed by atoms with van der Waals surface area (Å²) in [4.78, 5) is 4.12. The Morgan fingerprint density at radius 3 is 2.78 bits per heavy atom. The summed E-state index contributed by atoms with van der Waals surface area (Å²) in [6.07, 6.45) is 1.81. The van der Waals surface area contributed by atoms with Crippen LogP contribution in [-0.4, -0.2) is 25.6 Å². The molecule has 2 N–H and O–H groups in total. The first-order valence-corrected chi connectivity index (χ1v) is 6.33. The van der Waals surface area contributed by atoms with Crippen LogP contribution in [0.4, 0.5) is 4.39 Å². The molecule has 0 heterocycles. The minimum Gasteiger partial charge on any atom is -0.356 e. The Hall–Kier alpha value is -1.58. The van der Waals surface area contributed by atoms with E-state index in [0.717, 1.165) is 30.9 Å². The minimum absolute atomic E-state index is 0.169. The van der Waals surface area contributed by atoms with Crippen LogP contribution in [0, 0.1) is 5.82 Å². The highest BCUT2D eigenvalue weighted by molar-refractivity contribution is 5.79. The highest BCUT2D eigenvalue weighted by Gasteiger charge is 1.99. The van der Waals surface area contributed by atoms with E-state index < -0.39 is 0 Å². The molecule has 0 bridgehead atoms. The van der Waals surface area contributed by atoms with Gasteiger partial charge in [-0.25, -0.2) is 4.39 Å². The Morgan fingerprint density at radius 2 is 2.17 bits per heavy atom. The molecule has 18 heavy (non-hydrogen) atoms. The lowest BCUT2D eigenvalue weighted by molar-refractivity contribution is 0.623. The van der Waals surface area contributed by atoms with Crippen LogP contribution in [0.5, 0.6) is 0 Å². The number of aryl methyl sites for hydroxylation is 1. The molecule has 1 rings (SSSR count). The van der Waals surface area contributed by atoms with Crippen molar-refractivity contribution in [1.29, 1.82) is 0 Å². The fourth-order valence-electron chi connectivity index (χ4n) is 1.66. The maximum atomic E-state index is 13.0. The van der Waals surface area contributed by atoms with Crippen molar-refractivity contribution in [1.82, 2.24) is 10.6 Å². The number of benzene rings is 1. The lowest BCUT2D eigenvalue weighted by atomic mass is 10.1. The summed E-state index contributed by atoms with van der Waals surface area (Å²) >= 11 is 0. The predicted molar refractivity (Wildman–Crippen MR) is 74.4 cm³/mol. The minimum atomic E-state index is -0.169. The molecule has 0 spiro atoms. The number of halogens is 1. The maximum absolute atomic E-state index is 13.0. The fraction of sp³-hybridized carbons (Fsp3) is 0.500. The van der Waals surface area contributed by atoms with Gasteiger partial charge in [0.2, 0.25) is 0 Å². The summed E-state index contributed by atoms with van der Waals surface area (Å²) < 4.78 is 13.0. The molecule has 0 aliphatic heterocycles. The second-order valence-corrected chi connectivity index (χ2v) is 4.53. The van der Waals surface area contributed by atoms with Crippen molar-refractivity contribution in [2.75, 3.05) is 13.6 Å². The quantitative estimate of drug-likeness (QED) is 0.479. The standard InChI is InChI=1S/C14H22FN3/c1-11(2)18-14(16-3)17-9-5-7-12-6-4-8-13(15)10-12/h4,6,8,10-11H,5,7,9H2,1-3H3,(H2,16,17,18). The average Bonchev–Trinajstić information content (AvgIpc) is 2.32. The first-order chi connectivity index (χ1) is 8.61. The largest absolute Gasteiger partial charge is 0.356 e. The van der Waals surface area contributed by atoms with Gasteiger partial charge >= 0.3 is 0 Å². The Bertz CT molecular complexity index is 388. The number of hydrogen-bond donors (Lipinski definition) is 2. The Labute approximate surface area is 109 Å². The normalized spacial score (nSPS) is 11.7. The monoisotopic (exact) mass is 251 g/mol. The van der Waals surface area contributed by atoms with Gasteiger partial charge in [-0.1, -0.05) is 12.1 Å². The van der Waals surface area contributed by atoms with E-state index in [9.17, 15) is 4.39 Å². The molecular formula is C14H22FN3. The number of guanidine groups is 1. The molecule has 0 unspecified atom stereocenters. The number of nitrogens with zero attached hydrogens (tertiary/aromatic N) is 1. The summed E-state index contributed by atoms with van der Waals surface area (Å²) in [6.45, 7) is 4.96. The van der Waals surface area contributed by atoms with Crippen molar-refractivity contribution in [2.24, 2.45) is 4.99 Å². The third-order valence-corrected chi connectivity index (χ3v) is 2.47. The molecule has 0 saturated heterocycles. The van der Waals surface area contributed by atoms with Gasteiger partial charge in [-0.15, -0.1) is 0 Å². The lowest BCUT2D eigenvalue weighted by Crippen LogP contribution is -2.41. The Morgan fingerprint density at radius 1 is 1.39 bits per heavy atom. The van der Waals surface area contributed by atoms with E-state index in [1.165, 1.54) is 6.07 Å². The van der Waals surface area contributed by atoms with Crippen molar-refractivity contribution < 1.29 is 4.39 Å². The molecule has 3 nitrogen and oxygen atoms in total. The van der Waals surface area contributed by atoms with Crippen LogP contribution in [0.25, 0.3) is 0 Å². The van der Waals surface area contributed by atoms with Crippen LogP contribution < -0.4 is 10.6 Å². The van der Waals surface area contributed by atoms with Gasteiger partial charge in [-0.3, -0.25) is 4.99 Å². The van der Waals surface area contributed by atoms with E-state index in [-0.39, 0.29) is 5.82 Å². The Kier molecular flexibility index (Phi) is 6.19. The first-order valence-electron chi connectivity index (χ1n) is 6.33. The van der Waals surface area contributed by atoms with Crippen molar-refractivity contribution in [3.05, 3.63) is 35.6 Å². The van der Waals surface area contributed by atoms with E-state index in [0.29, 0.717) is 6.04 Å². The van der Waals surface area contributed by atoms with Crippen molar-refractivity contribution in [2.45, 2.75) is 32.7 Å². The summed E-state index contributed by atoms with van der Waals surface area (Å²) in [5.41, 5.74) is 1.03. The molecule has 1 aromatic carbocycles. The molecule has 0 saturated carbocycles. The highest BCUT2D eigenvalue weighted by atomic mass is 19.1. The van der Waals surface area contributed by atoms with Gasteiger partial charge in [0, 0.05) is 19.6 Å². The van der Waals surface area contributed by atoms with Gasteiger partial charge < -0.3 is 10.6 Å². The third kappa shape index (κ3) is 5.66. The van der Waals surface area contributed by atoms with E-state index in [1.807, 2.05) is 6.07 Å². The van der Waals surface area contributed by atoms with Crippen molar-refractivity contribution >= 4 is 5.96 Å². The molecule has 0 radical (unpaired) electrons. The second kappa shape index (κ2) is 7.69. The molecule has 0 aliphatic rings. The van der Waals surface area contributed by atoms with E-state index in [1.54, 1.807) is 19.2 Å². The van der Waals surface area contributed by atoms with Gasteiger partial charge in [-0.2, -0.15) is 0 Å². The first kappa shape index (κ1) is 14.5. The zero-order valence-electron chi connectivity index (χ0n) is 11.3. The summed E-state index contributed by atoms with van der Waals surface area (Å²) in [6, 6.07) is 7.11. The molecule has 1 aromatic rings. The van der Waals surface area contributed by atoms with Crippen LogP contribution in [-0.2, 0) is 6.42 Å². The van der Waals surface area contributed by atoms with Crippen LogP contribution >= 0.6 is 0 Å². The second-order valence-electron chi connectivity index (χ2n) is 4.53. The van der Waals surface area contributed by atoms with Crippen molar-refractivity contribution in [3.63, 3.8) is 0 Å². The smallest absolute Gasteiger partial charge is 0.191 e. The average molecular weight is 251 g/mol. The summed E-state index contributed by atoms with van der Waals surface area (Å²) in [7, 11) is 1.75. The van der Waals surface area contributed by atoms with Crippen LogP contribution in [0.15, 0.2) is 29.3 Å². The third-order valence-electron chi connectivity index (χ3n) is 2.47. The van der Waals surface area contributed by atoms with Crippen LogP contribution in [0.1, 0.15) is 25.8 Å². The molecule has 4 heteroatoms. The molecule has 0 aromatic heterocycles. The number of rotatable bonds is 5. The predicted octanol–water partition coefficient (Wildman–Crippen LogP) is 2.33. The molecular weight excluding hydrogens is 229 g/mol. The maximum Gasteiger partial charge on any atom is 0.191 e. The van der Waals surface area contributed by atoms with Crippen molar-refractivity contribution in [3.8, 4) is 0 Å². The van der Waals surface area contributed by atoms with E-state index >= 15 is 0 Å². The zero-order chi connectivity index (χ0) is 13.4. The topological polar surface area (TPSA) is 36.4 Å². The van der Waals surface area contributed by atoms with Gasteiger partial charge in [0.25, 0.3) is 0 Å². The molecule has 0 aliphatic carbocycles. The fourth-order valence-corrected chi connectivity index (χ4v) is 1.66. The molecule has 100 valence electrons. The summed E-state index contributed by atoms with van der Waals surface area (Å²) in [5, 5.41) is 6.45. The highest BCUT2D eigenvalue weighted by Crippen LogP contribution is 2.05. The van der Waals surface area contributed by atoms with Crippen LogP contribution in [0.3, 0.4) is 0 Å². The van der Waals surface area contributed by atoms with E-state index in [4.69, 9.17) is 0 Å². The Balaban J connectivity index is 2.26. The van der Waals surface area contributed by atoms with Gasteiger partial charge in [0.1, 0.15) is 5.82 Å². The molecule has 0 fully saturated rings. The number of hydrogen-bond acceptors (Lipinski definition) is 1. The number of nitrogens with one attached hydrogen (secondary N) is 2. The lowest BCUT2D eigenvalue weighted by Gasteiger charge is -2.14. The van der Waals surface area contributed by atoms with Gasteiger partial charge in [0.15, 0.2) is 5.96 Å². The molecule has 0 atom stereocenters.